The Labute approximate surface area is 111 Å². The summed E-state index contributed by atoms with van der Waals surface area (Å²) in [6.07, 6.45) is 7.31. The molecule has 2 N–H and O–H groups in total. The average molecular weight is 255 g/mol. The van der Waals surface area contributed by atoms with Crippen LogP contribution in [-0.2, 0) is 4.79 Å². The summed E-state index contributed by atoms with van der Waals surface area (Å²) < 4.78 is 0. The molecule has 3 nitrogen and oxygen atoms in total. The second-order valence-corrected chi connectivity index (χ2v) is 6.98. The van der Waals surface area contributed by atoms with Crippen molar-refractivity contribution in [2.75, 3.05) is 6.54 Å². The average Bonchev–Trinajstić information content (AvgIpc) is 2.62. The Hall–Kier alpha value is -0.570. The van der Waals surface area contributed by atoms with Crippen LogP contribution < -0.4 is 5.32 Å². The summed E-state index contributed by atoms with van der Waals surface area (Å²) in [4.78, 5) is 11.7. The molecular formula is C15H29NO2. The van der Waals surface area contributed by atoms with Crippen LogP contribution in [-0.4, -0.2) is 23.2 Å². The fourth-order valence-corrected chi connectivity index (χ4v) is 2.58. The van der Waals surface area contributed by atoms with E-state index in [-0.39, 0.29) is 12.3 Å². The van der Waals surface area contributed by atoms with E-state index in [1.165, 1.54) is 6.42 Å². The first kappa shape index (κ1) is 15.5. The molecule has 0 atom stereocenters. The van der Waals surface area contributed by atoms with Gasteiger partial charge in [-0.05, 0) is 31.1 Å². The first-order valence-electron chi connectivity index (χ1n) is 7.30. The summed E-state index contributed by atoms with van der Waals surface area (Å²) in [5, 5.41) is 13.0. The van der Waals surface area contributed by atoms with Gasteiger partial charge in [0.15, 0.2) is 0 Å². The molecule has 0 heterocycles. The van der Waals surface area contributed by atoms with E-state index in [9.17, 15) is 9.90 Å². The number of hydrogen-bond donors (Lipinski definition) is 2. The van der Waals surface area contributed by atoms with Crippen LogP contribution in [0.1, 0.15) is 72.1 Å². The number of amides is 1. The maximum atomic E-state index is 11.7. The summed E-state index contributed by atoms with van der Waals surface area (Å²) in [5.74, 6) is 0.00941. The molecule has 0 aliphatic heterocycles. The van der Waals surface area contributed by atoms with Crippen LogP contribution in [0.2, 0.25) is 0 Å². The van der Waals surface area contributed by atoms with Crippen molar-refractivity contribution in [3.8, 4) is 0 Å². The second-order valence-electron chi connectivity index (χ2n) is 6.98. The third-order valence-electron chi connectivity index (χ3n) is 3.70. The number of nitrogens with one attached hydrogen (secondary N) is 1. The van der Waals surface area contributed by atoms with E-state index in [0.29, 0.717) is 5.41 Å². The van der Waals surface area contributed by atoms with Crippen LogP contribution in [0, 0.1) is 5.41 Å². The van der Waals surface area contributed by atoms with Crippen molar-refractivity contribution in [2.45, 2.75) is 77.7 Å². The van der Waals surface area contributed by atoms with Crippen molar-refractivity contribution < 1.29 is 9.90 Å². The first-order chi connectivity index (χ1) is 8.31. The molecule has 3 heteroatoms. The minimum atomic E-state index is -0.713. The number of unbranched alkanes of at least 4 members (excludes halogenated alkanes) is 1. The highest BCUT2D eigenvalue weighted by molar-refractivity contribution is 5.77. The molecular weight excluding hydrogens is 226 g/mol. The van der Waals surface area contributed by atoms with Crippen LogP contribution in [0.5, 0.6) is 0 Å². The lowest BCUT2D eigenvalue weighted by Crippen LogP contribution is -2.35. The number of rotatable bonds is 6. The third-order valence-corrected chi connectivity index (χ3v) is 3.70. The van der Waals surface area contributed by atoms with Gasteiger partial charge >= 0.3 is 0 Å². The molecule has 1 aliphatic rings. The van der Waals surface area contributed by atoms with Crippen molar-refractivity contribution in [3.05, 3.63) is 0 Å². The van der Waals surface area contributed by atoms with Crippen LogP contribution >= 0.6 is 0 Å². The van der Waals surface area contributed by atoms with Gasteiger partial charge in [0.2, 0.25) is 5.91 Å². The van der Waals surface area contributed by atoms with E-state index < -0.39 is 5.60 Å². The lowest BCUT2D eigenvalue weighted by Gasteiger charge is -2.21. The molecule has 106 valence electrons. The van der Waals surface area contributed by atoms with Gasteiger partial charge in [-0.3, -0.25) is 4.79 Å². The summed E-state index contributed by atoms with van der Waals surface area (Å²) in [5.41, 5.74) is -0.335. The number of carbonyl (C=O) groups is 1. The van der Waals surface area contributed by atoms with Crippen molar-refractivity contribution in [1.82, 2.24) is 5.32 Å². The maximum absolute atomic E-state index is 11.7. The molecule has 0 unspecified atom stereocenters. The zero-order valence-electron chi connectivity index (χ0n) is 12.2. The third kappa shape index (κ3) is 6.39. The molecule has 0 bridgehead atoms. The highest BCUT2D eigenvalue weighted by Crippen LogP contribution is 2.32. The van der Waals surface area contributed by atoms with Gasteiger partial charge in [-0.15, -0.1) is 0 Å². The van der Waals surface area contributed by atoms with Gasteiger partial charge in [-0.1, -0.05) is 40.0 Å². The zero-order chi connectivity index (χ0) is 13.6. The molecule has 0 radical (unpaired) electrons. The number of hydrogen-bond acceptors (Lipinski definition) is 2. The number of aliphatic hydroxyl groups is 1. The molecule has 0 spiro atoms. The van der Waals surface area contributed by atoms with Crippen molar-refractivity contribution >= 4 is 5.91 Å². The van der Waals surface area contributed by atoms with Crippen molar-refractivity contribution in [3.63, 3.8) is 0 Å². The van der Waals surface area contributed by atoms with E-state index in [1.54, 1.807) is 0 Å². The Morgan fingerprint density at radius 3 is 2.39 bits per heavy atom. The fourth-order valence-electron chi connectivity index (χ4n) is 2.58. The predicted octanol–water partition coefficient (Wildman–Crippen LogP) is 3.01. The van der Waals surface area contributed by atoms with Gasteiger partial charge in [0, 0.05) is 6.54 Å². The Morgan fingerprint density at radius 1 is 1.22 bits per heavy atom. The second kappa shape index (κ2) is 6.55. The molecule has 0 aromatic heterocycles. The summed E-state index contributed by atoms with van der Waals surface area (Å²) in [6.45, 7) is 7.45. The van der Waals surface area contributed by atoms with Crippen LogP contribution in [0.3, 0.4) is 0 Å². The number of carbonyl (C=O) groups excluding carboxylic acids is 1. The Kier molecular flexibility index (Phi) is 5.64. The summed E-state index contributed by atoms with van der Waals surface area (Å²) in [6, 6.07) is 0. The lowest BCUT2D eigenvalue weighted by molar-refractivity contribution is -0.125. The smallest absolute Gasteiger partial charge is 0.222 e. The molecule has 1 aliphatic carbocycles. The highest BCUT2D eigenvalue weighted by atomic mass is 16.3. The highest BCUT2D eigenvalue weighted by Gasteiger charge is 2.33. The van der Waals surface area contributed by atoms with E-state index in [1.807, 2.05) is 0 Å². The van der Waals surface area contributed by atoms with Gasteiger partial charge in [-0.25, -0.2) is 0 Å². The molecule has 18 heavy (non-hydrogen) atoms. The lowest BCUT2D eigenvalue weighted by atomic mass is 9.90. The van der Waals surface area contributed by atoms with Crippen LogP contribution in [0.4, 0.5) is 0 Å². The summed E-state index contributed by atoms with van der Waals surface area (Å²) in [7, 11) is 0. The van der Waals surface area contributed by atoms with Gasteiger partial charge in [0.05, 0.1) is 12.0 Å². The van der Waals surface area contributed by atoms with Gasteiger partial charge in [0.25, 0.3) is 0 Å². The topological polar surface area (TPSA) is 49.3 Å². The van der Waals surface area contributed by atoms with E-state index in [0.717, 1.165) is 45.1 Å². The van der Waals surface area contributed by atoms with Crippen LogP contribution in [0.15, 0.2) is 0 Å². The van der Waals surface area contributed by atoms with Crippen molar-refractivity contribution in [2.24, 2.45) is 5.41 Å². The Balaban J connectivity index is 2.07. The van der Waals surface area contributed by atoms with E-state index >= 15 is 0 Å². The van der Waals surface area contributed by atoms with Gasteiger partial charge in [0.1, 0.15) is 0 Å². The van der Waals surface area contributed by atoms with Gasteiger partial charge in [-0.2, -0.15) is 0 Å². The SMILES string of the molecule is CC(C)(C)CCCCNC(=O)CC1(O)CCCC1. The predicted molar refractivity (Wildman–Crippen MR) is 74.4 cm³/mol. The normalized spacial score (nSPS) is 18.9. The van der Waals surface area contributed by atoms with Gasteiger partial charge < -0.3 is 10.4 Å². The standard InChI is InChI=1S/C15H29NO2/c1-14(2,3)8-6-7-11-16-13(17)12-15(18)9-4-5-10-15/h18H,4-12H2,1-3H3,(H,16,17). The van der Waals surface area contributed by atoms with E-state index in [2.05, 4.69) is 26.1 Å². The van der Waals surface area contributed by atoms with E-state index in [4.69, 9.17) is 0 Å². The monoisotopic (exact) mass is 255 g/mol. The first-order valence-corrected chi connectivity index (χ1v) is 7.30. The Bertz CT molecular complexity index is 262. The summed E-state index contributed by atoms with van der Waals surface area (Å²) >= 11 is 0. The molecule has 0 aromatic rings. The molecule has 1 saturated carbocycles. The molecule has 1 rings (SSSR count). The molecule has 1 amide bonds. The van der Waals surface area contributed by atoms with Crippen LogP contribution in [0.25, 0.3) is 0 Å². The maximum Gasteiger partial charge on any atom is 0.222 e. The quantitative estimate of drug-likeness (QED) is 0.717. The zero-order valence-corrected chi connectivity index (χ0v) is 12.2. The largest absolute Gasteiger partial charge is 0.389 e. The minimum absolute atomic E-state index is 0.00941. The van der Waals surface area contributed by atoms with Crippen molar-refractivity contribution in [1.29, 1.82) is 0 Å². The molecule has 1 fully saturated rings. The minimum Gasteiger partial charge on any atom is -0.389 e. The molecule has 0 aromatic carbocycles. The fraction of sp³-hybridized carbons (Fsp3) is 0.933. The molecule has 0 saturated heterocycles. The Morgan fingerprint density at radius 2 is 1.83 bits per heavy atom.